The maximum absolute atomic E-state index is 13.3. The molecule has 0 unspecified atom stereocenters. The number of carbonyl (C=O) groups excluding carboxylic acids is 1. The number of rotatable bonds is 10. The van der Waals surface area contributed by atoms with E-state index in [2.05, 4.69) is 26.2 Å². The first-order valence-corrected chi connectivity index (χ1v) is 14.2. The Morgan fingerprint density at radius 3 is 2.92 bits per heavy atom. The van der Waals surface area contributed by atoms with Gasteiger partial charge in [0.25, 0.3) is 5.91 Å². The molecule has 196 valence electrons. The van der Waals surface area contributed by atoms with E-state index in [0.29, 0.717) is 46.3 Å². The van der Waals surface area contributed by atoms with Crippen LogP contribution in [0.25, 0.3) is 17.3 Å². The lowest BCUT2D eigenvalue weighted by atomic mass is 10.2. The summed E-state index contributed by atoms with van der Waals surface area (Å²) in [6, 6.07) is 15.1. The van der Waals surface area contributed by atoms with Gasteiger partial charge in [0.1, 0.15) is 10.7 Å². The van der Waals surface area contributed by atoms with Crippen molar-refractivity contribution in [2.75, 3.05) is 6.54 Å². The van der Waals surface area contributed by atoms with E-state index in [0.717, 1.165) is 21.8 Å². The van der Waals surface area contributed by atoms with Gasteiger partial charge in [0.15, 0.2) is 10.9 Å². The zero-order chi connectivity index (χ0) is 27.2. The number of amides is 1. The predicted molar refractivity (Wildman–Crippen MR) is 150 cm³/mol. The highest BCUT2D eigenvalue weighted by atomic mass is 35.5. The lowest BCUT2D eigenvalue weighted by molar-refractivity contribution is 0.0741. The van der Waals surface area contributed by atoms with Gasteiger partial charge in [-0.15, -0.1) is 21.5 Å². The topological polar surface area (TPSA) is 114 Å². The minimum Gasteiger partial charge on any atom is -0.461 e. The molecule has 1 aromatic carbocycles. The van der Waals surface area contributed by atoms with Crippen LogP contribution in [-0.4, -0.2) is 42.1 Å². The van der Waals surface area contributed by atoms with Gasteiger partial charge in [-0.3, -0.25) is 14.3 Å². The van der Waals surface area contributed by atoms with E-state index in [4.69, 9.17) is 21.3 Å². The number of pyridine rings is 1. The molecule has 4 aromatic heterocycles. The van der Waals surface area contributed by atoms with Crippen LogP contribution in [0, 0.1) is 18.3 Å². The van der Waals surface area contributed by atoms with Crippen LogP contribution in [0.4, 0.5) is 0 Å². The highest BCUT2D eigenvalue weighted by Gasteiger charge is 2.22. The normalized spacial score (nSPS) is 10.9. The summed E-state index contributed by atoms with van der Waals surface area (Å²) in [6.45, 7) is 2.66. The van der Waals surface area contributed by atoms with E-state index in [9.17, 15) is 4.79 Å². The summed E-state index contributed by atoms with van der Waals surface area (Å²) in [5.74, 6) is 1.40. The molecule has 39 heavy (non-hydrogen) atoms. The summed E-state index contributed by atoms with van der Waals surface area (Å²) < 4.78 is 7.53. The Balaban J connectivity index is 1.36. The Hall–Kier alpha value is -3.98. The number of aromatic nitrogens is 5. The van der Waals surface area contributed by atoms with Gasteiger partial charge in [-0.1, -0.05) is 35.5 Å². The molecule has 4 heterocycles. The van der Waals surface area contributed by atoms with Gasteiger partial charge in [0.2, 0.25) is 5.82 Å². The molecule has 0 bridgehead atoms. The number of nitrogens with zero attached hydrogens (tertiary/aromatic N) is 7. The van der Waals surface area contributed by atoms with Crippen molar-refractivity contribution in [2.24, 2.45) is 0 Å². The number of aryl methyl sites for hydroxylation is 1. The number of benzene rings is 1. The third-order valence-electron chi connectivity index (χ3n) is 5.76. The van der Waals surface area contributed by atoms with Crippen LogP contribution in [0.3, 0.4) is 0 Å². The van der Waals surface area contributed by atoms with Gasteiger partial charge in [-0.2, -0.15) is 5.26 Å². The lowest BCUT2D eigenvalue weighted by Crippen LogP contribution is -2.31. The highest BCUT2D eigenvalue weighted by Crippen LogP contribution is 2.33. The monoisotopic (exact) mass is 575 g/mol. The Morgan fingerprint density at radius 1 is 1.26 bits per heavy atom. The molecule has 1 amide bonds. The van der Waals surface area contributed by atoms with Crippen molar-refractivity contribution in [2.45, 2.75) is 30.8 Å². The fourth-order valence-corrected chi connectivity index (χ4v) is 5.78. The zero-order valence-electron chi connectivity index (χ0n) is 20.8. The van der Waals surface area contributed by atoms with Crippen LogP contribution in [0.1, 0.15) is 33.0 Å². The van der Waals surface area contributed by atoms with Crippen molar-refractivity contribution in [3.8, 4) is 23.3 Å². The van der Waals surface area contributed by atoms with Crippen LogP contribution in [0.5, 0.6) is 0 Å². The number of hydrogen-bond donors (Lipinski definition) is 0. The van der Waals surface area contributed by atoms with E-state index in [1.165, 1.54) is 23.1 Å². The van der Waals surface area contributed by atoms with Crippen LogP contribution in [0.15, 0.2) is 76.1 Å². The molecule has 0 N–H and O–H groups in total. The molecule has 9 nitrogen and oxygen atoms in total. The fourth-order valence-electron chi connectivity index (χ4n) is 3.88. The average molecular weight is 576 g/mol. The Kier molecular flexibility index (Phi) is 8.36. The highest BCUT2D eigenvalue weighted by molar-refractivity contribution is 7.98. The summed E-state index contributed by atoms with van der Waals surface area (Å²) >= 11 is 9.18. The van der Waals surface area contributed by atoms with Crippen LogP contribution < -0.4 is 0 Å². The van der Waals surface area contributed by atoms with Crippen molar-refractivity contribution in [1.29, 1.82) is 5.26 Å². The summed E-state index contributed by atoms with van der Waals surface area (Å²) in [7, 11) is 0. The second-order valence-corrected chi connectivity index (χ2v) is 10.8. The quantitative estimate of drug-likeness (QED) is 0.181. The largest absolute Gasteiger partial charge is 0.461 e. The molecule has 0 aliphatic rings. The predicted octanol–water partition coefficient (Wildman–Crippen LogP) is 6.19. The SMILES string of the molecule is Cc1ccc(Cl)cc1-n1c(SCc2nc(C(=O)N(CCC#N)Cc3cccnc3)cs2)nnc1-c1ccco1. The Bertz CT molecular complexity index is 1610. The second-order valence-electron chi connectivity index (χ2n) is 8.46. The van der Waals surface area contributed by atoms with Crippen molar-refractivity contribution in [1.82, 2.24) is 29.6 Å². The van der Waals surface area contributed by atoms with E-state index in [1.807, 2.05) is 47.9 Å². The molecule has 12 heteroatoms. The van der Waals surface area contributed by atoms with Gasteiger partial charge >= 0.3 is 0 Å². The number of thioether (sulfide) groups is 1. The molecule has 5 rings (SSSR count). The fraction of sp³-hybridized carbons (Fsp3) is 0.185. The maximum Gasteiger partial charge on any atom is 0.273 e. The van der Waals surface area contributed by atoms with Crippen molar-refractivity contribution in [3.05, 3.63) is 93.4 Å². The molecule has 5 aromatic rings. The standard InChI is InChI=1S/C27H22ClN7O2S2/c1-18-7-8-20(28)13-22(18)35-25(23-6-3-12-37-23)32-33-27(35)39-17-24-31-21(16-38-24)26(36)34(11-4-9-29)15-19-5-2-10-30-14-19/h2-3,5-8,10,12-14,16H,4,11,15,17H2,1H3. The van der Waals surface area contributed by atoms with Crippen LogP contribution in [-0.2, 0) is 12.3 Å². The van der Waals surface area contributed by atoms with E-state index >= 15 is 0 Å². The summed E-state index contributed by atoms with van der Waals surface area (Å²) in [4.78, 5) is 23.6. The summed E-state index contributed by atoms with van der Waals surface area (Å²) in [6.07, 6.45) is 5.22. The number of thiazole rings is 1. The Labute approximate surface area is 238 Å². The van der Waals surface area contributed by atoms with E-state index in [1.54, 1.807) is 35.0 Å². The lowest BCUT2D eigenvalue weighted by Gasteiger charge is -2.20. The molecule has 0 aliphatic carbocycles. The molecule has 0 radical (unpaired) electrons. The molecule has 0 fully saturated rings. The van der Waals surface area contributed by atoms with Crippen molar-refractivity contribution < 1.29 is 9.21 Å². The molecule has 0 aliphatic heterocycles. The summed E-state index contributed by atoms with van der Waals surface area (Å²) in [5, 5.41) is 21.6. The zero-order valence-corrected chi connectivity index (χ0v) is 23.2. The first-order valence-electron chi connectivity index (χ1n) is 11.9. The van der Waals surface area contributed by atoms with Crippen LogP contribution in [0.2, 0.25) is 5.02 Å². The second kappa shape index (κ2) is 12.3. The molecular formula is C27H22ClN7O2S2. The molecule has 0 spiro atoms. The molecule has 0 saturated carbocycles. The third kappa shape index (κ3) is 6.20. The first kappa shape index (κ1) is 26.6. The van der Waals surface area contributed by atoms with E-state index < -0.39 is 0 Å². The average Bonchev–Trinajstić information content (AvgIpc) is 3.72. The number of hydrogen-bond acceptors (Lipinski definition) is 9. The first-order chi connectivity index (χ1) is 19.0. The molecule has 0 saturated heterocycles. The number of carbonyl (C=O) groups is 1. The summed E-state index contributed by atoms with van der Waals surface area (Å²) in [5.41, 5.74) is 3.08. The van der Waals surface area contributed by atoms with Crippen LogP contribution >= 0.6 is 34.7 Å². The maximum atomic E-state index is 13.3. The number of nitriles is 1. The third-order valence-corrected chi connectivity index (χ3v) is 7.97. The number of halogens is 1. The smallest absolute Gasteiger partial charge is 0.273 e. The minimum absolute atomic E-state index is 0.223. The number of furan rings is 1. The van der Waals surface area contributed by atoms with E-state index in [-0.39, 0.29) is 12.3 Å². The molecule has 0 atom stereocenters. The minimum atomic E-state index is -0.223. The van der Waals surface area contributed by atoms with Crippen molar-refractivity contribution in [3.63, 3.8) is 0 Å². The van der Waals surface area contributed by atoms with Gasteiger partial charge in [-0.25, -0.2) is 4.98 Å². The Morgan fingerprint density at radius 2 is 2.15 bits per heavy atom. The molecular weight excluding hydrogens is 554 g/mol. The van der Waals surface area contributed by atoms with Gasteiger partial charge < -0.3 is 9.32 Å². The van der Waals surface area contributed by atoms with Gasteiger partial charge in [-0.05, 0) is 48.4 Å². The van der Waals surface area contributed by atoms with Crippen molar-refractivity contribution >= 4 is 40.6 Å². The van der Waals surface area contributed by atoms with Gasteiger partial charge in [0.05, 0.1) is 30.2 Å². The van der Waals surface area contributed by atoms with Gasteiger partial charge in [0, 0.05) is 35.9 Å².